The first-order valence-electron chi connectivity index (χ1n) is 9.62. The van der Waals surface area contributed by atoms with Gasteiger partial charge in [0.25, 0.3) is 0 Å². The lowest BCUT2D eigenvalue weighted by Gasteiger charge is -2.33. The molecule has 27 heavy (non-hydrogen) atoms. The van der Waals surface area contributed by atoms with Crippen LogP contribution in [0.4, 0.5) is 4.79 Å². The lowest BCUT2D eigenvalue weighted by molar-refractivity contribution is 0.0126. The Labute approximate surface area is 162 Å². The molecule has 0 radical (unpaired) electrons. The molecule has 1 aliphatic rings. The Morgan fingerprint density at radius 2 is 1.63 bits per heavy atom. The van der Waals surface area contributed by atoms with Gasteiger partial charge in [-0.1, -0.05) is 42.0 Å². The Morgan fingerprint density at radius 1 is 1.00 bits per heavy atom. The smallest absolute Gasteiger partial charge is 0.410 e. The molecule has 0 bridgehead atoms. The minimum Gasteiger partial charge on any atom is -0.490 e. The highest BCUT2D eigenvalue weighted by molar-refractivity contribution is 5.68. The molecule has 0 aromatic heterocycles. The first-order valence-corrected chi connectivity index (χ1v) is 9.62. The number of carbonyl (C=O) groups excluding carboxylic acids is 1. The van der Waals surface area contributed by atoms with Gasteiger partial charge in [-0.25, -0.2) is 4.79 Å². The quantitative estimate of drug-likeness (QED) is 0.725. The number of carbonyl (C=O) groups is 1. The summed E-state index contributed by atoms with van der Waals surface area (Å²) in [4.78, 5) is 13.9. The number of rotatable bonds is 3. The van der Waals surface area contributed by atoms with Crippen molar-refractivity contribution in [3.05, 3.63) is 54.1 Å². The topological polar surface area (TPSA) is 38.8 Å². The van der Waals surface area contributed by atoms with E-state index in [2.05, 4.69) is 43.3 Å². The Morgan fingerprint density at radius 3 is 2.26 bits per heavy atom. The summed E-state index contributed by atoms with van der Waals surface area (Å²) in [6.07, 6.45) is 1.51. The molecule has 1 fully saturated rings. The maximum absolute atomic E-state index is 12.2. The zero-order valence-corrected chi connectivity index (χ0v) is 16.7. The number of aryl methyl sites for hydroxylation is 1. The second-order valence-corrected chi connectivity index (χ2v) is 8.18. The third-order valence-electron chi connectivity index (χ3n) is 4.58. The Kier molecular flexibility index (Phi) is 5.73. The maximum atomic E-state index is 12.2. The van der Waals surface area contributed by atoms with Crippen molar-refractivity contribution in [2.24, 2.45) is 0 Å². The number of hydrogen-bond acceptors (Lipinski definition) is 3. The highest BCUT2D eigenvalue weighted by Gasteiger charge is 2.27. The predicted octanol–water partition coefficient (Wildman–Crippen LogP) is 5.44. The van der Waals surface area contributed by atoms with Gasteiger partial charge in [-0.15, -0.1) is 0 Å². The second-order valence-electron chi connectivity index (χ2n) is 8.18. The van der Waals surface area contributed by atoms with Crippen molar-refractivity contribution < 1.29 is 14.3 Å². The number of hydrogen-bond donors (Lipinski definition) is 0. The molecule has 4 nitrogen and oxygen atoms in total. The number of piperidine rings is 1. The standard InChI is InChI=1S/C23H29NO3/c1-17-7-5-8-18(15-17)19-9-6-10-21(16-19)26-20-11-13-24(14-12-20)22(25)27-23(2,3)4/h5-10,15-16,20H,11-14H2,1-4H3. The van der Waals surface area contributed by atoms with Gasteiger partial charge in [-0.3, -0.25) is 0 Å². The van der Waals surface area contributed by atoms with E-state index in [1.54, 1.807) is 4.90 Å². The van der Waals surface area contributed by atoms with Crippen LogP contribution >= 0.6 is 0 Å². The highest BCUT2D eigenvalue weighted by Crippen LogP contribution is 2.27. The first kappa shape index (κ1) is 19.3. The summed E-state index contributed by atoms with van der Waals surface area (Å²) in [5.74, 6) is 0.879. The second kappa shape index (κ2) is 8.03. The van der Waals surface area contributed by atoms with E-state index in [9.17, 15) is 4.79 Å². The molecule has 1 amide bonds. The fourth-order valence-corrected chi connectivity index (χ4v) is 3.25. The average molecular weight is 367 g/mol. The molecular formula is C23H29NO3. The zero-order chi connectivity index (χ0) is 19.4. The lowest BCUT2D eigenvalue weighted by Crippen LogP contribution is -2.44. The van der Waals surface area contributed by atoms with Crippen molar-refractivity contribution in [2.75, 3.05) is 13.1 Å². The molecule has 2 aromatic carbocycles. The molecule has 1 heterocycles. The summed E-state index contributed by atoms with van der Waals surface area (Å²) in [5, 5.41) is 0. The Bertz CT molecular complexity index is 786. The average Bonchev–Trinajstić information content (AvgIpc) is 2.61. The van der Waals surface area contributed by atoms with E-state index in [-0.39, 0.29) is 12.2 Å². The molecule has 0 unspecified atom stereocenters. The summed E-state index contributed by atoms with van der Waals surface area (Å²) >= 11 is 0. The van der Waals surface area contributed by atoms with Crippen molar-refractivity contribution >= 4 is 6.09 Å². The lowest BCUT2D eigenvalue weighted by atomic mass is 10.0. The zero-order valence-electron chi connectivity index (χ0n) is 16.7. The molecule has 0 saturated carbocycles. The fraction of sp³-hybridized carbons (Fsp3) is 0.435. The molecule has 0 atom stereocenters. The number of ether oxygens (including phenoxy) is 2. The molecule has 1 saturated heterocycles. The third-order valence-corrected chi connectivity index (χ3v) is 4.58. The first-order chi connectivity index (χ1) is 12.8. The molecule has 4 heteroatoms. The molecule has 0 spiro atoms. The van der Waals surface area contributed by atoms with Crippen LogP contribution in [0.5, 0.6) is 5.75 Å². The van der Waals surface area contributed by atoms with Gasteiger partial charge in [0.15, 0.2) is 0 Å². The van der Waals surface area contributed by atoms with Gasteiger partial charge in [-0.05, 0) is 51.0 Å². The summed E-state index contributed by atoms with van der Waals surface area (Å²) in [6.45, 7) is 9.10. The molecule has 3 rings (SSSR count). The van der Waals surface area contributed by atoms with Crippen LogP contribution in [0.3, 0.4) is 0 Å². The normalized spacial score (nSPS) is 15.5. The van der Waals surface area contributed by atoms with Crippen LogP contribution in [-0.4, -0.2) is 35.8 Å². The van der Waals surface area contributed by atoms with Crippen molar-refractivity contribution in [1.29, 1.82) is 0 Å². The van der Waals surface area contributed by atoms with Gasteiger partial charge in [0.05, 0.1) is 0 Å². The van der Waals surface area contributed by atoms with E-state index in [0.29, 0.717) is 13.1 Å². The Hall–Kier alpha value is -2.49. The van der Waals surface area contributed by atoms with E-state index in [1.807, 2.05) is 32.9 Å². The monoisotopic (exact) mass is 367 g/mol. The summed E-state index contributed by atoms with van der Waals surface area (Å²) in [6, 6.07) is 16.7. The maximum Gasteiger partial charge on any atom is 0.410 e. The molecule has 1 aliphatic heterocycles. The number of likely N-dealkylation sites (tertiary alicyclic amines) is 1. The number of benzene rings is 2. The summed E-state index contributed by atoms with van der Waals surface area (Å²) < 4.78 is 11.6. The van der Waals surface area contributed by atoms with Crippen molar-refractivity contribution in [3.8, 4) is 16.9 Å². The van der Waals surface area contributed by atoms with Crippen LogP contribution in [0, 0.1) is 6.92 Å². The van der Waals surface area contributed by atoms with E-state index in [0.717, 1.165) is 24.2 Å². The van der Waals surface area contributed by atoms with Gasteiger partial charge in [0.2, 0.25) is 0 Å². The summed E-state index contributed by atoms with van der Waals surface area (Å²) in [5.41, 5.74) is 3.14. The van der Waals surface area contributed by atoms with Crippen molar-refractivity contribution in [1.82, 2.24) is 4.90 Å². The van der Waals surface area contributed by atoms with Crippen LogP contribution in [0.1, 0.15) is 39.2 Å². The van der Waals surface area contributed by atoms with Crippen molar-refractivity contribution in [3.63, 3.8) is 0 Å². The summed E-state index contributed by atoms with van der Waals surface area (Å²) in [7, 11) is 0. The van der Waals surface area contributed by atoms with Crippen LogP contribution < -0.4 is 4.74 Å². The molecule has 2 aromatic rings. The SMILES string of the molecule is Cc1cccc(-c2cccc(OC3CCN(C(=O)OC(C)(C)C)CC3)c2)c1. The van der Waals surface area contributed by atoms with E-state index < -0.39 is 5.60 Å². The minimum atomic E-state index is -0.458. The molecule has 0 aliphatic carbocycles. The van der Waals surface area contributed by atoms with Gasteiger partial charge in [0.1, 0.15) is 17.5 Å². The van der Waals surface area contributed by atoms with Crippen LogP contribution in [-0.2, 0) is 4.74 Å². The minimum absolute atomic E-state index is 0.122. The van der Waals surface area contributed by atoms with E-state index in [1.165, 1.54) is 11.1 Å². The van der Waals surface area contributed by atoms with Gasteiger partial charge >= 0.3 is 6.09 Å². The van der Waals surface area contributed by atoms with E-state index in [4.69, 9.17) is 9.47 Å². The van der Waals surface area contributed by atoms with Gasteiger partial charge < -0.3 is 14.4 Å². The largest absolute Gasteiger partial charge is 0.490 e. The van der Waals surface area contributed by atoms with Gasteiger partial charge in [-0.2, -0.15) is 0 Å². The predicted molar refractivity (Wildman–Crippen MR) is 108 cm³/mol. The van der Waals surface area contributed by atoms with Crippen molar-refractivity contribution in [2.45, 2.75) is 52.2 Å². The highest BCUT2D eigenvalue weighted by atomic mass is 16.6. The Balaban J connectivity index is 1.58. The van der Waals surface area contributed by atoms with Crippen LogP contribution in [0.25, 0.3) is 11.1 Å². The number of amides is 1. The van der Waals surface area contributed by atoms with E-state index >= 15 is 0 Å². The molecular weight excluding hydrogens is 338 g/mol. The third kappa shape index (κ3) is 5.49. The fourth-order valence-electron chi connectivity index (χ4n) is 3.25. The molecule has 144 valence electrons. The van der Waals surface area contributed by atoms with Crippen LogP contribution in [0.2, 0.25) is 0 Å². The van der Waals surface area contributed by atoms with Gasteiger partial charge in [0, 0.05) is 25.9 Å². The number of nitrogens with zero attached hydrogens (tertiary/aromatic N) is 1. The van der Waals surface area contributed by atoms with Crippen LogP contribution in [0.15, 0.2) is 48.5 Å². The molecule has 0 N–H and O–H groups in total.